The molecule has 0 aromatic carbocycles. The molecule has 2 heterocycles. The second kappa shape index (κ2) is 6.91. The zero-order chi connectivity index (χ0) is 15.6. The summed E-state index contributed by atoms with van der Waals surface area (Å²) in [4.78, 5) is 25.5. The molecular weight excluding hydrogens is 405 g/mol. The minimum Gasteiger partial charge on any atom is -0.444 e. The highest BCUT2D eigenvalue weighted by Crippen LogP contribution is 2.27. The maximum Gasteiger partial charge on any atom is 0.410 e. The molecule has 0 aliphatic carbocycles. The van der Waals surface area contributed by atoms with Crippen molar-refractivity contribution < 1.29 is 14.3 Å². The number of amides is 2. The number of hydrogen-bond donors (Lipinski definition) is 1. The fraction of sp³-hybridized carbons (Fsp3) is 0.846. The van der Waals surface area contributed by atoms with E-state index in [1.54, 1.807) is 14.0 Å². The molecule has 0 unspecified atom stereocenters. The second-order valence-electron chi connectivity index (χ2n) is 6.53. The smallest absolute Gasteiger partial charge is 0.410 e. The largest absolute Gasteiger partial charge is 0.444 e. The number of halogens is 1. The van der Waals surface area contributed by atoms with Crippen LogP contribution in [0.2, 0.25) is 0 Å². The molecule has 8 heteroatoms. The Morgan fingerprint density at radius 1 is 1.29 bits per heavy atom. The van der Waals surface area contributed by atoms with Gasteiger partial charge in [0, 0.05) is 47.4 Å². The first-order chi connectivity index (χ1) is 9.78. The number of carbonyl (C=O) groups excluding carboxylic acids is 2. The van der Waals surface area contributed by atoms with Gasteiger partial charge in [0.2, 0.25) is 5.91 Å². The van der Waals surface area contributed by atoms with Crippen molar-refractivity contribution in [3.63, 3.8) is 0 Å². The van der Waals surface area contributed by atoms with E-state index in [1.807, 2.05) is 20.8 Å². The molecule has 1 atom stereocenters. The Morgan fingerprint density at radius 3 is 2.48 bits per heavy atom. The van der Waals surface area contributed by atoms with Crippen molar-refractivity contribution in [1.29, 1.82) is 0 Å². The van der Waals surface area contributed by atoms with E-state index in [4.69, 9.17) is 4.74 Å². The van der Waals surface area contributed by atoms with Gasteiger partial charge in [-0.05, 0) is 36.3 Å². The molecular formula is C13H22IN3O3S. The van der Waals surface area contributed by atoms with Crippen molar-refractivity contribution >= 4 is 42.3 Å². The molecule has 0 aromatic rings. The topological polar surface area (TPSA) is 61.9 Å². The maximum absolute atomic E-state index is 12.1. The summed E-state index contributed by atoms with van der Waals surface area (Å²) in [6.45, 7) is 8.39. The van der Waals surface area contributed by atoms with E-state index in [2.05, 4.69) is 30.8 Å². The summed E-state index contributed by atoms with van der Waals surface area (Å²) >= 11 is 2.24. The van der Waals surface area contributed by atoms with Crippen LogP contribution in [-0.4, -0.2) is 59.0 Å². The number of rotatable bonds is 3. The summed E-state index contributed by atoms with van der Waals surface area (Å²) in [7, 11) is 1.66. The lowest BCUT2D eigenvalue weighted by Gasteiger charge is -2.40. The molecule has 0 radical (unpaired) electrons. The van der Waals surface area contributed by atoms with Crippen molar-refractivity contribution in [3.05, 3.63) is 0 Å². The van der Waals surface area contributed by atoms with Gasteiger partial charge in [-0.2, -0.15) is 0 Å². The summed E-state index contributed by atoms with van der Waals surface area (Å²) in [6.07, 6.45) is 0.603. The Kier molecular flexibility index (Phi) is 5.64. The SMILES string of the molecule is CC(C)(C)OC(=O)N1CC(NC(=O)[C@@H]2CCN(SI)C2)C1. The maximum atomic E-state index is 12.1. The monoisotopic (exact) mass is 427 g/mol. The van der Waals surface area contributed by atoms with Crippen LogP contribution in [-0.2, 0) is 9.53 Å². The van der Waals surface area contributed by atoms with E-state index in [0.717, 1.165) is 19.5 Å². The lowest BCUT2D eigenvalue weighted by atomic mass is 10.1. The van der Waals surface area contributed by atoms with Gasteiger partial charge in [-0.15, -0.1) is 0 Å². The Bertz CT molecular complexity index is 410. The Morgan fingerprint density at radius 2 is 1.95 bits per heavy atom. The summed E-state index contributed by atoms with van der Waals surface area (Å²) in [5, 5.41) is 3.02. The number of nitrogens with one attached hydrogen (secondary N) is 1. The third-order valence-electron chi connectivity index (χ3n) is 3.50. The first-order valence-corrected chi connectivity index (χ1v) is 10.4. The van der Waals surface area contributed by atoms with E-state index in [1.165, 1.54) is 0 Å². The average molecular weight is 427 g/mol. The Balaban J connectivity index is 1.68. The molecule has 0 bridgehead atoms. The lowest BCUT2D eigenvalue weighted by Crippen LogP contribution is -2.62. The van der Waals surface area contributed by atoms with Crippen LogP contribution in [0.1, 0.15) is 27.2 Å². The molecule has 21 heavy (non-hydrogen) atoms. The van der Waals surface area contributed by atoms with E-state index < -0.39 is 5.60 Å². The van der Waals surface area contributed by atoms with Crippen LogP contribution >= 0.6 is 30.3 Å². The first kappa shape index (κ1) is 17.1. The van der Waals surface area contributed by atoms with Gasteiger partial charge in [0.05, 0.1) is 12.0 Å². The van der Waals surface area contributed by atoms with Crippen molar-refractivity contribution in [2.24, 2.45) is 5.92 Å². The number of nitrogens with zero attached hydrogens (tertiary/aromatic N) is 2. The highest BCUT2D eigenvalue weighted by molar-refractivity contribution is 14.2. The first-order valence-electron chi connectivity index (χ1n) is 7.10. The number of likely N-dealkylation sites (tertiary alicyclic amines) is 1. The molecule has 120 valence electrons. The van der Waals surface area contributed by atoms with Crippen molar-refractivity contribution in [3.8, 4) is 0 Å². The predicted molar refractivity (Wildman–Crippen MR) is 91.0 cm³/mol. The van der Waals surface area contributed by atoms with Crippen LogP contribution < -0.4 is 5.32 Å². The fourth-order valence-corrected chi connectivity index (χ4v) is 3.85. The van der Waals surface area contributed by atoms with Crippen LogP contribution in [0.15, 0.2) is 0 Å². The van der Waals surface area contributed by atoms with E-state index >= 15 is 0 Å². The van der Waals surface area contributed by atoms with E-state index in [9.17, 15) is 9.59 Å². The van der Waals surface area contributed by atoms with Crippen molar-refractivity contribution in [2.75, 3.05) is 26.2 Å². The minimum atomic E-state index is -0.476. The molecule has 2 amide bonds. The van der Waals surface area contributed by atoms with Gasteiger partial charge in [0.15, 0.2) is 0 Å². The Hall–Kier alpha value is -0.220. The quantitative estimate of drug-likeness (QED) is 0.552. The predicted octanol–water partition coefficient (Wildman–Crippen LogP) is 2.04. The zero-order valence-corrected chi connectivity index (χ0v) is 15.6. The third kappa shape index (κ3) is 4.88. The molecule has 2 fully saturated rings. The summed E-state index contributed by atoms with van der Waals surface area (Å²) < 4.78 is 7.48. The fourth-order valence-electron chi connectivity index (χ4n) is 2.37. The number of ether oxygens (including phenoxy) is 1. The van der Waals surface area contributed by atoms with E-state index in [0.29, 0.717) is 13.1 Å². The highest BCUT2D eigenvalue weighted by atomic mass is 127. The lowest BCUT2D eigenvalue weighted by molar-refractivity contribution is -0.126. The van der Waals surface area contributed by atoms with Crippen LogP contribution in [0.5, 0.6) is 0 Å². The summed E-state index contributed by atoms with van der Waals surface area (Å²) in [5.41, 5.74) is -0.476. The third-order valence-corrected chi connectivity index (χ3v) is 5.70. The van der Waals surface area contributed by atoms with Crippen LogP contribution in [0.3, 0.4) is 0 Å². The summed E-state index contributed by atoms with van der Waals surface area (Å²) in [5.74, 6) is 0.180. The van der Waals surface area contributed by atoms with Gasteiger partial charge in [-0.1, -0.05) is 0 Å². The minimum absolute atomic E-state index is 0.0614. The average Bonchev–Trinajstić information content (AvgIpc) is 2.79. The van der Waals surface area contributed by atoms with Gasteiger partial charge >= 0.3 is 6.09 Å². The molecule has 0 spiro atoms. The molecule has 1 N–H and O–H groups in total. The number of hydrogen-bond acceptors (Lipinski definition) is 5. The van der Waals surface area contributed by atoms with Crippen LogP contribution in [0.4, 0.5) is 4.79 Å². The van der Waals surface area contributed by atoms with Gasteiger partial charge < -0.3 is 15.0 Å². The van der Waals surface area contributed by atoms with Gasteiger partial charge in [-0.25, -0.2) is 9.10 Å². The van der Waals surface area contributed by atoms with Crippen LogP contribution in [0, 0.1) is 5.92 Å². The van der Waals surface area contributed by atoms with Crippen molar-refractivity contribution in [1.82, 2.24) is 14.5 Å². The molecule has 2 aliphatic heterocycles. The second-order valence-corrected chi connectivity index (χ2v) is 8.37. The van der Waals surface area contributed by atoms with Gasteiger partial charge in [0.1, 0.15) is 5.60 Å². The van der Waals surface area contributed by atoms with Gasteiger partial charge in [0.25, 0.3) is 0 Å². The molecule has 0 aromatic heterocycles. The molecule has 0 saturated carbocycles. The molecule has 2 rings (SSSR count). The van der Waals surface area contributed by atoms with Gasteiger partial charge in [-0.3, -0.25) is 4.79 Å². The molecule has 2 aliphatic rings. The van der Waals surface area contributed by atoms with E-state index in [-0.39, 0.29) is 24.0 Å². The molecule has 2 saturated heterocycles. The number of carbonyl (C=O) groups is 2. The normalized spacial score (nSPS) is 23.8. The summed E-state index contributed by atoms with van der Waals surface area (Å²) in [6, 6.07) is 0.0614. The van der Waals surface area contributed by atoms with Crippen LogP contribution in [0.25, 0.3) is 0 Å². The standard InChI is InChI=1S/C13H22IN3O3S/c1-13(2,3)20-12(19)16-7-10(8-16)15-11(18)9-4-5-17(6-9)21-14/h9-10H,4-8H2,1-3H3,(H,15,18)/t9-/m1/s1. The zero-order valence-electron chi connectivity index (χ0n) is 12.6. The van der Waals surface area contributed by atoms with Crippen molar-refractivity contribution in [2.45, 2.75) is 38.8 Å². The molecule has 6 nitrogen and oxygen atoms in total. The Labute approximate surface area is 142 Å². The highest BCUT2D eigenvalue weighted by Gasteiger charge is 2.36.